The third-order valence-corrected chi connectivity index (χ3v) is 7.69. The van der Waals surface area contributed by atoms with Crippen molar-refractivity contribution in [2.75, 3.05) is 18.0 Å². The maximum atomic E-state index is 14.5. The first-order chi connectivity index (χ1) is 15.7. The van der Waals surface area contributed by atoms with Crippen molar-refractivity contribution in [1.29, 1.82) is 0 Å². The van der Waals surface area contributed by atoms with E-state index in [4.69, 9.17) is 16.3 Å². The summed E-state index contributed by atoms with van der Waals surface area (Å²) in [6.07, 6.45) is 2.73. The monoisotopic (exact) mass is 466 g/mol. The van der Waals surface area contributed by atoms with Gasteiger partial charge in [0.25, 0.3) is 0 Å². The normalized spacial score (nSPS) is 22.7. The highest BCUT2D eigenvalue weighted by atomic mass is 35.5. The largest absolute Gasteiger partial charge is 0.443 e. The summed E-state index contributed by atoms with van der Waals surface area (Å²) in [7, 11) is 0. The van der Waals surface area contributed by atoms with Gasteiger partial charge in [0.05, 0.1) is 11.1 Å². The van der Waals surface area contributed by atoms with Gasteiger partial charge in [-0.1, -0.05) is 41.9 Å². The minimum absolute atomic E-state index is 0.119. The maximum absolute atomic E-state index is 14.5. The number of hydrogen-bond donors (Lipinski definition) is 1. The molecule has 1 saturated heterocycles. The summed E-state index contributed by atoms with van der Waals surface area (Å²) in [5.41, 5.74) is 1.23. The summed E-state index contributed by atoms with van der Waals surface area (Å²) in [6, 6.07) is 15.0. The average Bonchev–Trinajstić information content (AvgIpc) is 3.54. The molecule has 3 aliphatic rings. The van der Waals surface area contributed by atoms with Gasteiger partial charge >= 0.3 is 6.09 Å². The molecular weight excluding hydrogens is 436 g/mol. The van der Waals surface area contributed by atoms with Crippen LogP contribution in [0.1, 0.15) is 57.6 Å². The Bertz CT molecular complexity index is 1080. The lowest BCUT2D eigenvalue weighted by Crippen LogP contribution is -2.58. The number of anilines is 1. The predicted octanol–water partition coefficient (Wildman–Crippen LogP) is 5.39. The van der Waals surface area contributed by atoms with E-state index in [0.29, 0.717) is 5.02 Å². The van der Waals surface area contributed by atoms with Crippen molar-refractivity contribution in [3.63, 3.8) is 0 Å². The summed E-state index contributed by atoms with van der Waals surface area (Å²) in [5, 5.41) is 4.09. The number of halogens is 1. The molecule has 0 bridgehead atoms. The molecule has 2 fully saturated rings. The first kappa shape index (κ1) is 22.4. The highest BCUT2D eigenvalue weighted by Gasteiger charge is 2.63. The Labute approximate surface area is 200 Å². The molecule has 1 atom stereocenters. The van der Waals surface area contributed by atoms with Gasteiger partial charge in [0.15, 0.2) is 5.78 Å². The Morgan fingerprint density at radius 2 is 1.64 bits per heavy atom. The lowest BCUT2D eigenvalue weighted by atomic mass is 9.66. The van der Waals surface area contributed by atoms with Crippen LogP contribution in [0.3, 0.4) is 0 Å². The number of nitrogens with one attached hydrogen (secondary N) is 1. The molecule has 2 heterocycles. The third-order valence-electron chi connectivity index (χ3n) is 7.43. The molecule has 0 radical (unpaired) electrons. The van der Waals surface area contributed by atoms with E-state index in [0.717, 1.165) is 55.6 Å². The van der Waals surface area contributed by atoms with E-state index in [1.807, 2.05) is 63.2 Å². The van der Waals surface area contributed by atoms with Gasteiger partial charge in [-0.2, -0.15) is 0 Å². The minimum Gasteiger partial charge on any atom is -0.443 e. The quantitative estimate of drug-likeness (QED) is 0.659. The van der Waals surface area contributed by atoms with Crippen LogP contribution in [0.25, 0.3) is 0 Å². The van der Waals surface area contributed by atoms with Crippen LogP contribution in [0.4, 0.5) is 10.5 Å². The zero-order valence-electron chi connectivity index (χ0n) is 19.5. The second-order valence-corrected chi connectivity index (χ2v) is 11.1. The predicted molar refractivity (Wildman–Crippen MR) is 130 cm³/mol. The summed E-state index contributed by atoms with van der Waals surface area (Å²) in [4.78, 5) is 29.8. The van der Waals surface area contributed by atoms with Gasteiger partial charge in [0.2, 0.25) is 0 Å². The van der Waals surface area contributed by atoms with E-state index >= 15 is 0 Å². The van der Waals surface area contributed by atoms with E-state index in [-0.39, 0.29) is 5.78 Å². The van der Waals surface area contributed by atoms with Gasteiger partial charge in [-0.25, -0.2) is 4.79 Å². The Morgan fingerprint density at radius 3 is 2.24 bits per heavy atom. The van der Waals surface area contributed by atoms with Crippen molar-refractivity contribution >= 4 is 29.2 Å². The summed E-state index contributed by atoms with van der Waals surface area (Å²) < 4.78 is 5.85. The van der Waals surface area contributed by atoms with Crippen LogP contribution < -0.4 is 10.2 Å². The van der Waals surface area contributed by atoms with Crippen molar-refractivity contribution < 1.29 is 14.3 Å². The van der Waals surface area contributed by atoms with Crippen LogP contribution >= 0.6 is 11.6 Å². The van der Waals surface area contributed by atoms with Crippen molar-refractivity contribution in [2.45, 2.75) is 68.9 Å². The van der Waals surface area contributed by atoms with Gasteiger partial charge < -0.3 is 10.1 Å². The molecule has 1 saturated carbocycles. The van der Waals surface area contributed by atoms with Gasteiger partial charge in [-0.05, 0) is 88.9 Å². The van der Waals surface area contributed by atoms with Crippen molar-refractivity contribution in [3.05, 3.63) is 64.7 Å². The molecule has 5 nitrogen and oxygen atoms in total. The number of fused-ring (bicyclic) bond motifs is 2. The molecule has 1 N–H and O–H groups in total. The maximum Gasteiger partial charge on any atom is 0.415 e. The third kappa shape index (κ3) is 3.66. The number of piperidine rings is 1. The van der Waals surface area contributed by atoms with E-state index < -0.39 is 28.6 Å². The SMILES string of the molecule is CC(C)(C)OC(=O)N1c2ccccc2C2(CCNCC2)C1C(=O)C1(c2ccc(Cl)cc2)CC1. The fraction of sp³-hybridized carbons (Fsp3) is 0.481. The molecule has 33 heavy (non-hydrogen) atoms. The highest BCUT2D eigenvalue weighted by Crippen LogP contribution is 2.57. The van der Waals surface area contributed by atoms with Crippen LogP contribution in [0.5, 0.6) is 0 Å². The minimum atomic E-state index is -0.656. The lowest BCUT2D eigenvalue weighted by Gasteiger charge is -2.42. The molecule has 2 aromatic rings. The number of ketones is 1. The van der Waals surface area contributed by atoms with Gasteiger partial charge in [0.1, 0.15) is 11.6 Å². The van der Waals surface area contributed by atoms with Gasteiger partial charge in [0, 0.05) is 10.4 Å². The smallest absolute Gasteiger partial charge is 0.415 e. The van der Waals surface area contributed by atoms with E-state index in [1.165, 1.54) is 0 Å². The number of amides is 1. The number of rotatable bonds is 3. The standard InChI is InChI=1S/C27H31ClN2O3/c1-25(2,3)33-24(32)30-21-7-5-4-6-20(21)27(14-16-29-17-15-27)22(30)23(31)26(12-13-26)18-8-10-19(28)11-9-18/h4-11,22,29H,12-17H2,1-3H3. The topological polar surface area (TPSA) is 58.6 Å². The number of carbonyl (C=O) groups is 2. The molecule has 1 aliphatic carbocycles. The Balaban J connectivity index is 1.64. The number of Topliss-reactive ketones (excluding diaryl/α,β-unsaturated/α-hetero) is 1. The number of ether oxygens (including phenoxy) is 1. The Morgan fingerprint density at radius 1 is 1.00 bits per heavy atom. The fourth-order valence-electron chi connectivity index (χ4n) is 5.77. The molecule has 2 aromatic carbocycles. The Kier molecular flexibility index (Phi) is 5.33. The molecule has 5 rings (SSSR count). The van der Waals surface area contributed by atoms with Crippen molar-refractivity contribution in [3.8, 4) is 0 Å². The first-order valence-corrected chi connectivity index (χ1v) is 12.2. The molecule has 2 aliphatic heterocycles. The molecule has 1 spiro atoms. The van der Waals surface area contributed by atoms with Crippen LogP contribution in [-0.2, 0) is 20.4 Å². The van der Waals surface area contributed by atoms with Crippen molar-refractivity contribution in [1.82, 2.24) is 5.32 Å². The van der Waals surface area contributed by atoms with Crippen LogP contribution in [0.2, 0.25) is 5.02 Å². The zero-order valence-corrected chi connectivity index (χ0v) is 20.2. The lowest BCUT2D eigenvalue weighted by molar-refractivity contribution is -0.124. The van der Waals surface area contributed by atoms with E-state index in [2.05, 4.69) is 11.4 Å². The van der Waals surface area contributed by atoms with E-state index in [9.17, 15) is 9.59 Å². The molecule has 1 amide bonds. The number of carbonyl (C=O) groups excluding carboxylic acids is 2. The highest BCUT2D eigenvalue weighted by molar-refractivity contribution is 6.30. The molecular formula is C27H31ClN2O3. The summed E-state index contributed by atoms with van der Waals surface area (Å²) in [5.74, 6) is 0.119. The molecule has 0 aromatic heterocycles. The number of hydrogen-bond acceptors (Lipinski definition) is 4. The van der Waals surface area contributed by atoms with Crippen LogP contribution in [0, 0.1) is 0 Å². The molecule has 1 unspecified atom stereocenters. The van der Waals surface area contributed by atoms with Crippen molar-refractivity contribution in [2.24, 2.45) is 0 Å². The number of nitrogens with zero attached hydrogens (tertiary/aromatic N) is 1. The van der Waals surface area contributed by atoms with Crippen LogP contribution in [-0.4, -0.2) is 36.6 Å². The second kappa shape index (κ2) is 7.85. The van der Waals surface area contributed by atoms with Gasteiger partial charge in [-0.3, -0.25) is 9.69 Å². The van der Waals surface area contributed by atoms with Crippen LogP contribution in [0.15, 0.2) is 48.5 Å². The number of para-hydroxylation sites is 1. The van der Waals surface area contributed by atoms with E-state index in [1.54, 1.807) is 4.90 Å². The first-order valence-electron chi connectivity index (χ1n) is 11.8. The number of benzene rings is 2. The summed E-state index contributed by atoms with van der Waals surface area (Å²) >= 11 is 6.13. The second-order valence-electron chi connectivity index (χ2n) is 10.6. The fourth-order valence-corrected chi connectivity index (χ4v) is 5.90. The van der Waals surface area contributed by atoms with Gasteiger partial charge in [-0.15, -0.1) is 0 Å². The zero-order chi connectivity index (χ0) is 23.4. The average molecular weight is 467 g/mol. The summed E-state index contributed by atoms with van der Waals surface area (Å²) in [6.45, 7) is 7.21. The Hall–Kier alpha value is -2.37. The molecule has 174 valence electrons. The molecule has 6 heteroatoms.